The SMILES string of the molecule is CS(=O)(=O)Nc1cccc(CC(NC(=O)OCc2ccccc2)C(=O)O)c1. The fourth-order valence-electron chi connectivity index (χ4n) is 2.32. The number of carboxylic acid groups (broad SMARTS) is 1. The molecule has 0 saturated heterocycles. The summed E-state index contributed by atoms with van der Waals surface area (Å²) in [6.45, 7) is 0.0206. The minimum Gasteiger partial charge on any atom is -0.480 e. The van der Waals surface area contributed by atoms with Crippen molar-refractivity contribution in [1.82, 2.24) is 5.32 Å². The van der Waals surface area contributed by atoms with Crippen LogP contribution in [0.3, 0.4) is 0 Å². The summed E-state index contributed by atoms with van der Waals surface area (Å²) < 4.78 is 29.9. The van der Waals surface area contributed by atoms with Gasteiger partial charge in [-0.25, -0.2) is 18.0 Å². The van der Waals surface area contributed by atoms with E-state index in [1.165, 1.54) is 6.07 Å². The first-order chi connectivity index (χ1) is 12.7. The number of amides is 1. The average Bonchev–Trinajstić information content (AvgIpc) is 2.59. The lowest BCUT2D eigenvalue weighted by Crippen LogP contribution is -2.42. The van der Waals surface area contributed by atoms with Crippen LogP contribution in [0.1, 0.15) is 11.1 Å². The minimum atomic E-state index is -3.45. The molecule has 0 aliphatic rings. The van der Waals surface area contributed by atoms with Crippen LogP contribution in [0.25, 0.3) is 0 Å². The van der Waals surface area contributed by atoms with Crippen molar-refractivity contribution in [3.05, 3.63) is 65.7 Å². The number of sulfonamides is 1. The Bertz CT molecular complexity index is 899. The molecule has 0 saturated carbocycles. The van der Waals surface area contributed by atoms with Gasteiger partial charge >= 0.3 is 12.1 Å². The van der Waals surface area contributed by atoms with E-state index in [1.807, 2.05) is 6.07 Å². The molecule has 0 fully saturated rings. The van der Waals surface area contributed by atoms with Crippen molar-refractivity contribution in [3.8, 4) is 0 Å². The van der Waals surface area contributed by atoms with E-state index in [1.54, 1.807) is 42.5 Å². The average molecular weight is 392 g/mol. The van der Waals surface area contributed by atoms with Crippen LogP contribution in [0.4, 0.5) is 10.5 Å². The number of rotatable bonds is 8. The van der Waals surface area contributed by atoms with E-state index in [-0.39, 0.29) is 13.0 Å². The number of nitrogens with one attached hydrogen (secondary N) is 2. The first kappa shape index (κ1) is 20.2. The molecule has 1 amide bonds. The fraction of sp³-hybridized carbons (Fsp3) is 0.222. The maximum atomic E-state index is 11.9. The highest BCUT2D eigenvalue weighted by atomic mass is 32.2. The predicted octanol–water partition coefficient (Wildman–Crippen LogP) is 1.98. The normalized spacial score (nSPS) is 12.0. The predicted molar refractivity (Wildman–Crippen MR) is 99.8 cm³/mol. The molecule has 0 aromatic heterocycles. The van der Waals surface area contributed by atoms with Crippen molar-refractivity contribution in [2.45, 2.75) is 19.1 Å². The number of carbonyl (C=O) groups is 2. The Morgan fingerprint density at radius 3 is 2.37 bits per heavy atom. The highest BCUT2D eigenvalue weighted by Gasteiger charge is 2.21. The van der Waals surface area contributed by atoms with Crippen molar-refractivity contribution in [1.29, 1.82) is 0 Å². The topological polar surface area (TPSA) is 122 Å². The number of alkyl carbamates (subject to hydrolysis) is 1. The highest BCUT2D eigenvalue weighted by molar-refractivity contribution is 7.92. The molecule has 0 bridgehead atoms. The fourth-order valence-corrected chi connectivity index (χ4v) is 2.87. The molecule has 0 heterocycles. The van der Waals surface area contributed by atoms with E-state index in [0.717, 1.165) is 11.8 Å². The Balaban J connectivity index is 1.98. The zero-order valence-electron chi connectivity index (χ0n) is 14.6. The van der Waals surface area contributed by atoms with Crippen LogP contribution in [0.15, 0.2) is 54.6 Å². The second-order valence-electron chi connectivity index (χ2n) is 5.88. The lowest BCUT2D eigenvalue weighted by atomic mass is 10.1. The number of ether oxygens (including phenoxy) is 1. The van der Waals surface area contributed by atoms with Crippen LogP contribution in [-0.4, -0.2) is 37.9 Å². The van der Waals surface area contributed by atoms with Gasteiger partial charge in [0, 0.05) is 12.1 Å². The van der Waals surface area contributed by atoms with Crippen molar-refractivity contribution in [3.63, 3.8) is 0 Å². The zero-order chi connectivity index (χ0) is 19.9. The lowest BCUT2D eigenvalue weighted by Gasteiger charge is -2.15. The van der Waals surface area contributed by atoms with Crippen molar-refractivity contribution in [2.75, 3.05) is 11.0 Å². The van der Waals surface area contributed by atoms with Gasteiger partial charge in [-0.05, 0) is 23.3 Å². The van der Waals surface area contributed by atoms with E-state index in [0.29, 0.717) is 11.3 Å². The Hall–Kier alpha value is -3.07. The molecule has 2 aromatic rings. The maximum absolute atomic E-state index is 11.9. The summed E-state index contributed by atoms with van der Waals surface area (Å²) >= 11 is 0. The lowest BCUT2D eigenvalue weighted by molar-refractivity contribution is -0.139. The third-order valence-corrected chi connectivity index (χ3v) is 4.08. The van der Waals surface area contributed by atoms with Gasteiger partial charge < -0.3 is 15.2 Å². The zero-order valence-corrected chi connectivity index (χ0v) is 15.4. The smallest absolute Gasteiger partial charge is 0.408 e. The monoisotopic (exact) mass is 392 g/mol. The molecule has 1 unspecified atom stereocenters. The molecular formula is C18H20N2O6S. The number of benzene rings is 2. The van der Waals surface area contributed by atoms with E-state index < -0.39 is 28.1 Å². The molecule has 0 radical (unpaired) electrons. The van der Waals surface area contributed by atoms with Crippen LogP contribution in [0, 0.1) is 0 Å². The van der Waals surface area contributed by atoms with E-state index in [4.69, 9.17) is 4.74 Å². The molecule has 0 aliphatic heterocycles. The molecule has 0 aliphatic carbocycles. The van der Waals surface area contributed by atoms with Crippen LogP contribution >= 0.6 is 0 Å². The molecule has 3 N–H and O–H groups in total. The summed E-state index contributed by atoms with van der Waals surface area (Å²) in [6.07, 6.45) is 0.135. The van der Waals surface area contributed by atoms with Gasteiger partial charge in [0.2, 0.25) is 10.0 Å². The summed E-state index contributed by atoms with van der Waals surface area (Å²) in [4.78, 5) is 23.3. The molecular weight excluding hydrogens is 372 g/mol. The van der Waals surface area contributed by atoms with Crippen LogP contribution in [0.2, 0.25) is 0 Å². The number of anilines is 1. The van der Waals surface area contributed by atoms with Gasteiger partial charge in [-0.2, -0.15) is 0 Å². The van der Waals surface area contributed by atoms with E-state index >= 15 is 0 Å². The van der Waals surface area contributed by atoms with Gasteiger partial charge in [0.15, 0.2) is 0 Å². The van der Waals surface area contributed by atoms with Crippen molar-refractivity contribution < 1.29 is 27.9 Å². The molecule has 9 heteroatoms. The van der Waals surface area contributed by atoms with Crippen LogP contribution < -0.4 is 10.0 Å². The second kappa shape index (κ2) is 9.04. The summed E-state index contributed by atoms with van der Waals surface area (Å²) in [5, 5.41) is 11.6. The number of hydrogen-bond acceptors (Lipinski definition) is 5. The third-order valence-electron chi connectivity index (χ3n) is 3.47. The summed E-state index contributed by atoms with van der Waals surface area (Å²) in [5.74, 6) is -1.23. The van der Waals surface area contributed by atoms with Crippen LogP contribution in [0.5, 0.6) is 0 Å². The Labute approximate surface area is 157 Å². The first-order valence-electron chi connectivity index (χ1n) is 8.00. The van der Waals surface area contributed by atoms with Gasteiger partial charge in [0.05, 0.1) is 6.26 Å². The number of carbonyl (C=O) groups excluding carboxylic acids is 1. The van der Waals surface area contributed by atoms with Crippen molar-refractivity contribution in [2.24, 2.45) is 0 Å². The molecule has 1 atom stereocenters. The Morgan fingerprint density at radius 2 is 1.74 bits per heavy atom. The first-order valence-corrected chi connectivity index (χ1v) is 9.89. The highest BCUT2D eigenvalue weighted by Crippen LogP contribution is 2.14. The summed E-state index contributed by atoms with van der Waals surface area (Å²) in [6, 6.07) is 14.1. The number of hydrogen-bond donors (Lipinski definition) is 3. The second-order valence-corrected chi connectivity index (χ2v) is 7.62. The van der Waals surface area contributed by atoms with Gasteiger partial charge in [-0.3, -0.25) is 4.72 Å². The quantitative estimate of drug-likeness (QED) is 0.631. The summed E-state index contributed by atoms with van der Waals surface area (Å²) in [5.41, 5.74) is 1.63. The third kappa shape index (κ3) is 7.37. The Kier molecular flexibility index (Phi) is 6.78. The van der Waals surface area contributed by atoms with Gasteiger partial charge in [0.25, 0.3) is 0 Å². The Morgan fingerprint density at radius 1 is 1.07 bits per heavy atom. The number of carboxylic acids is 1. The van der Waals surface area contributed by atoms with Gasteiger partial charge in [-0.1, -0.05) is 42.5 Å². The maximum Gasteiger partial charge on any atom is 0.408 e. The molecule has 0 spiro atoms. The molecule has 144 valence electrons. The standard InChI is InChI=1S/C18H20N2O6S/c1-27(24,25)20-15-9-5-8-14(10-15)11-16(17(21)22)19-18(23)26-12-13-6-3-2-4-7-13/h2-10,16,20H,11-12H2,1H3,(H,19,23)(H,21,22). The molecule has 27 heavy (non-hydrogen) atoms. The largest absolute Gasteiger partial charge is 0.480 e. The van der Waals surface area contributed by atoms with Gasteiger partial charge in [-0.15, -0.1) is 0 Å². The molecule has 8 nitrogen and oxygen atoms in total. The van der Waals surface area contributed by atoms with E-state index in [2.05, 4.69) is 10.0 Å². The summed E-state index contributed by atoms with van der Waals surface area (Å²) in [7, 11) is -3.45. The van der Waals surface area contributed by atoms with Gasteiger partial charge in [0.1, 0.15) is 12.6 Å². The minimum absolute atomic E-state index is 0.0206. The van der Waals surface area contributed by atoms with E-state index in [9.17, 15) is 23.1 Å². The molecule has 2 aromatic carbocycles. The van der Waals surface area contributed by atoms with Crippen LogP contribution in [-0.2, 0) is 32.6 Å². The molecule has 2 rings (SSSR count). The van der Waals surface area contributed by atoms with Crippen molar-refractivity contribution >= 4 is 27.8 Å². The number of aliphatic carboxylic acids is 1.